The second-order valence-electron chi connectivity index (χ2n) is 13.0. The second kappa shape index (κ2) is 18.1. The molecule has 4 aliphatic heterocycles. The van der Waals surface area contributed by atoms with E-state index in [4.69, 9.17) is 30.0 Å². The number of aliphatic hydroxyl groups is 1. The summed E-state index contributed by atoms with van der Waals surface area (Å²) in [5, 5.41) is 19.3. The molecule has 300 valence electrons. The zero-order valence-electron chi connectivity index (χ0n) is 31.0. The van der Waals surface area contributed by atoms with Gasteiger partial charge in [-0.05, 0) is 66.4 Å². The Kier molecular flexibility index (Phi) is 13.5. The van der Waals surface area contributed by atoms with E-state index in [0.29, 0.717) is 45.6 Å². The molecule has 0 unspecified atom stereocenters. The van der Waals surface area contributed by atoms with Gasteiger partial charge in [0.15, 0.2) is 0 Å². The summed E-state index contributed by atoms with van der Waals surface area (Å²) >= 11 is 0. The lowest BCUT2D eigenvalue weighted by Gasteiger charge is -2.18. The van der Waals surface area contributed by atoms with Crippen LogP contribution in [0.4, 0.5) is 38.0 Å². The molecule has 2 atom stereocenters. The molecule has 0 bridgehead atoms. The van der Waals surface area contributed by atoms with Crippen LogP contribution in [0.1, 0.15) is 37.8 Å². The minimum atomic E-state index is -3.89. The van der Waals surface area contributed by atoms with Gasteiger partial charge in [-0.1, -0.05) is 19.9 Å². The van der Waals surface area contributed by atoms with Gasteiger partial charge in [-0.3, -0.25) is 29.5 Å². The number of hydrogen-bond donors (Lipinski definition) is 1. The Morgan fingerprint density at radius 1 is 0.857 bits per heavy atom. The molecule has 0 spiro atoms. The number of amides is 4. The number of fused-ring (bicyclic) bond motifs is 2. The van der Waals surface area contributed by atoms with Crippen molar-refractivity contribution >= 4 is 72.2 Å². The maximum Gasteiger partial charge on any atom is 0.414 e. The van der Waals surface area contributed by atoms with Crippen LogP contribution in [-0.2, 0) is 45.7 Å². The number of hydrogen-bond acceptors (Lipinski definition) is 12. The SMILES string of the molecule is CCC(=O)N1CCc2cc(N3C[C@H](CO)OC3=O)ccc21.CCC(=O)N1CCc2cc(N3C[C@H](COC)OC3=O)ccc21.O=[N+]([O-])c1cccc(S(=O)(=O)Cl)c1. The van der Waals surface area contributed by atoms with E-state index in [1.165, 1.54) is 23.1 Å². The Bertz CT molecular complexity index is 2100. The van der Waals surface area contributed by atoms with Crippen molar-refractivity contribution in [3.05, 3.63) is 81.9 Å². The number of aliphatic hydroxyl groups excluding tert-OH is 1. The minimum Gasteiger partial charge on any atom is -0.441 e. The Morgan fingerprint density at radius 2 is 1.36 bits per heavy atom. The lowest BCUT2D eigenvalue weighted by Crippen LogP contribution is -2.28. The number of benzene rings is 3. The molecule has 3 aromatic rings. The van der Waals surface area contributed by atoms with Crippen LogP contribution >= 0.6 is 10.7 Å². The summed E-state index contributed by atoms with van der Waals surface area (Å²) < 4.78 is 36.8. The van der Waals surface area contributed by atoms with Gasteiger partial charge in [0.1, 0.15) is 12.2 Å². The van der Waals surface area contributed by atoms with E-state index in [1.54, 1.807) is 16.9 Å². The van der Waals surface area contributed by atoms with Crippen molar-refractivity contribution in [1.82, 2.24) is 0 Å². The molecule has 0 radical (unpaired) electrons. The largest absolute Gasteiger partial charge is 0.441 e. The predicted octanol–water partition coefficient (Wildman–Crippen LogP) is 4.78. The Balaban J connectivity index is 0.000000167. The van der Waals surface area contributed by atoms with Gasteiger partial charge in [-0.15, -0.1) is 0 Å². The number of cyclic esters (lactones) is 2. The van der Waals surface area contributed by atoms with Gasteiger partial charge in [0.25, 0.3) is 14.7 Å². The lowest BCUT2D eigenvalue weighted by molar-refractivity contribution is -0.385. The van der Waals surface area contributed by atoms with E-state index in [2.05, 4.69) is 0 Å². The van der Waals surface area contributed by atoms with Gasteiger partial charge < -0.3 is 29.1 Å². The molecule has 0 saturated carbocycles. The molecule has 19 heteroatoms. The zero-order chi connectivity index (χ0) is 40.7. The molecule has 1 N–H and O–H groups in total. The first-order valence-electron chi connectivity index (χ1n) is 17.8. The van der Waals surface area contributed by atoms with Crippen LogP contribution in [0.15, 0.2) is 65.6 Å². The summed E-state index contributed by atoms with van der Waals surface area (Å²) in [5.41, 5.74) is 5.31. The summed E-state index contributed by atoms with van der Waals surface area (Å²) in [5.74, 6) is 0.245. The van der Waals surface area contributed by atoms with E-state index < -0.39 is 26.2 Å². The molecule has 3 aromatic carbocycles. The first-order chi connectivity index (χ1) is 26.7. The van der Waals surface area contributed by atoms with Crippen molar-refractivity contribution < 1.29 is 51.8 Å². The number of rotatable bonds is 9. The summed E-state index contributed by atoms with van der Waals surface area (Å²) in [6.07, 6.45) is 1.11. The molecule has 2 saturated heterocycles. The van der Waals surface area contributed by atoms with Crippen LogP contribution in [-0.4, -0.2) is 101 Å². The molecule has 7 rings (SSSR count). The normalized spacial score (nSPS) is 18.3. The zero-order valence-corrected chi connectivity index (χ0v) is 32.5. The first kappa shape index (κ1) is 41.9. The number of nitro benzene ring substituents is 1. The summed E-state index contributed by atoms with van der Waals surface area (Å²) in [7, 11) is 2.68. The third-order valence-electron chi connectivity index (χ3n) is 9.36. The Morgan fingerprint density at radius 3 is 1.79 bits per heavy atom. The number of nitro groups is 1. The van der Waals surface area contributed by atoms with E-state index >= 15 is 0 Å². The number of methoxy groups -OCH3 is 1. The fourth-order valence-corrected chi connectivity index (χ4v) is 7.38. The van der Waals surface area contributed by atoms with Crippen LogP contribution in [0.5, 0.6) is 0 Å². The van der Waals surface area contributed by atoms with Crippen LogP contribution in [0.25, 0.3) is 0 Å². The fraction of sp³-hybridized carbons (Fsp3) is 0.405. The van der Waals surface area contributed by atoms with Crippen LogP contribution < -0.4 is 19.6 Å². The number of ether oxygens (including phenoxy) is 3. The average Bonchev–Trinajstić information content (AvgIpc) is 3.98. The lowest BCUT2D eigenvalue weighted by atomic mass is 10.1. The van der Waals surface area contributed by atoms with E-state index in [9.17, 15) is 37.7 Å². The highest BCUT2D eigenvalue weighted by Gasteiger charge is 2.35. The van der Waals surface area contributed by atoms with Crippen molar-refractivity contribution in [2.24, 2.45) is 0 Å². The quantitative estimate of drug-likeness (QED) is 0.176. The molecule has 4 aliphatic rings. The van der Waals surface area contributed by atoms with Crippen molar-refractivity contribution in [2.75, 3.05) is 66.1 Å². The maximum atomic E-state index is 12.0. The highest BCUT2D eigenvalue weighted by molar-refractivity contribution is 8.13. The molecule has 4 amide bonds. The Hall–Kier alpha value is -5.30. The predicted molar refractivity (Wildman–Crippen MR) is 206 cm³/mol. The van der Waals surface area contributed by atoms with E-state index in [1.807, 2.05) is 55.1 Å². The third kappa shape index (κ3) is 9.55. The molecular weight excluding hydrogens is 774 g/mol. The smallest absolute Gasteiger partial charge is 0.414 e. The van der Waals surface area contributed by atoms with E-state index in [-0.39, 0.29) is 41.2 Å². The van der Waals surface area contributed by atoms with Crippen molar-refractivity contribution in [2.45, 2.75) is 56.6 Å². The van der Waals surface area contributed by atoms with Gasteiger partial charge >= 0.3 is 12.2 Å². The van der Waals surface area contributed by atoms with Crippen molar-refractivity contribution in [3.8, 4) is 0 Å². The third-order valence-corrected chi connectivity index (χ3v) is 10.7. The molecule has 17 nitrogen and oxygen atoms in total. The first-order valence-corrected chi connectivity index (χ1v) is 20.1. The van der Waals surface area contributed by atoms with Crippen LogP contribution in [0.2, 0.25) is 0 Å². The average molecular weight is 816 g/mol. The molecule has 56 heavy (non-hydrogen) atoms. The fourth-order valence-electron chi connectivity index (χ4n) is 6.59. The van der Waals surface area contributed by atoms with Gasteiger partial charge in [0, 0.05) is 78.6 Å². The van der Waals surface area contributed by atoms with Crippen molar-refractivity contribution in [1.29, 1.82) is 0 Å². The van der Waals surface area contributed by atoms with Crippen LogP contribution in [0.3, 0.4) is 0 Å². The molecule has 0 aromatic heterocycles. The topological polar surface area (TPSA) is 206 Å². The molecule has 2 fully saturated rings. The highest BCUT2D eigenvalue weighted by Crippen LogP contribution is 2.35. The van der Waals surface area contributed by atoms with E-state index in [0.717, 1.165) is 52.8 Å². The number of halogens is 1. The summed E-state index contributed by atoms with van der Waals surface area (Å²) in [6, 6.07) is 15.9. The van der Waals surface area contributed by atoms with Crippen LogP contribution in [0, 0.1) is 10.1 Å². The van der Waals surface area contributed by atoms with Crippen molar-refractivity contribution in [3.63, 3.8) is 0 Å². The number of carbonyl (C=O) groups excluding carboxylic acids is 4. The molecule has 4 heterocycles. The summed E-state index contributed by atoms with van der Waals surface area (Å²) in [6.45, 7) is 6.18. The highest BCUT2D eigenvalue weighted by atomic mass is 35.7. The second-order valence-corrected chi connectivity index (χ2v) is 15.6. The number of carbonyl (C=O) groups is 4. The standard InChI is InChI=1S/C16H20N2O4.C15H18N2O4.C6H4ClNO4S/c1-3-15(19)17-7-6-11-8-12(4-5-14(11)17)18-9-13(10-21-2)22-16(18)20;1-2-14(19)16-6-5-10-7-11(3-4-13(10)16)17-8-12(9-18)21-15(17)20;7-13(11,12)6-3-1-2-5(4-6)8(9)10/h4-5,8,13H,3,6-7,9-10H2,1-2H3;3-4,7,12,18H,2,5-6,8-9H2,1H3;1-4H/t13-;12-;/m11./s1. The van der Waals surface area contributed by atoms with Gasteiger partial charge in [0.05, 0.1) is 36.1 Å². The van der Waals surface area contributed by atoms with Gasteiger partial charge in [-0.25, -0.2) is 18.0 Å². The molecule has 0 aliphatic carbocycles. The number of non-ortho nitro benzene ring substituents is 1. The maximum absolute atomic E-state index is 12.0. The number of anilines is 4. The summed E-state index contributed by atoms with van der Waals surface area (Å²) in [4.78, 5) is 63.6. The van der Waals surface area contributed by atoms with Gasteiger partial charge in [-0.2, -0.15) is 0 Å². The minimum absolute atomic E-state index is 0.113. The Labute approximate surface area is 327 Å². The number of nitrogens with zero attached hydrogens (tertiary/aromatic N) is 5. The monoisotopic (exact) mass is 815 g/mol. The van der Waals surface area contributed by atoms with Gasteiger partial charge in [0.2, 0.25) is 11.8 Å². The molecular formula is C37H42ClN5O12S.